The Morgan fingerprint density at radius 3 is 2.31 bits per heavy atom. The second-order valence-electron chi connectivity index (χ2n) is 7.38. The molecule has 1 fully saturated rings. The average molecular weight is 498 g/mol. The molecule has 0 bridgehead atoms. The van der Waals surface area contributed by atoms with Crippen molar-refractivity contribution in [2.24, 2.45) is 0 Å². The highest BCUT2D eigenvalue weighted by molar-refractivity contribution is 7.89. The number of aryl methyl sites for hydroxylation is 1. The SMILES string of the molecule is Cc1ccc(Nc2nn(CN3CCN(S(=O)(=O)c4c(F)cccc4F)CC3)c(=S)s2)cc1. The number of rotatable bonds is 6. The van der Waals surface area contributed by atoms with E-state index < -0.39 is 26.6 Å². The summed E-state index contributed by atoms with van der Waals surface area (Å²) in [4.78, 5) is 1.09. The van der Waals surface area contributed by atoms with Crippen molar-refractivity contribution in [2.75, 3.05) is 31.5 Å². The zero-order valence-corrected chi connectivity index (χ0v) is 19.6. The molecule has 1 N–H and O–H groups in total. The predicted octanol–water partition coefficient (Wildman–Crippen LogP) is 3.97. The fraction of sp³-hybridized carbons (Fsp3) is 0.300. The van der Waals surface area contributed by atoms with Crippen LogP contribution in [0.2, 0.25) is 0 Å². The lowest BCUT2D eigenvalue weighted by molar-refractivity contribution is 0.145. The quantitative estimate of drug-likeness (QED) is 0.520. The summed E-state index contributed by atoms with van der Waals surface area (Å²) in [6.45, 7) is 3.40. The smallest absolute Gasteiger partial charge is 0.249 e. The van der Waals surface area contributed by atoms with Gasteiger partial charge in [0.2, 0.25) is 15.2 Å². The van der Waals surface area contributed by atoms with Crippen LogP contribution in [0.5, 0.6) is 0 Å². The fourth-order valence-electron chi connectivity index (χ4n) is 3.37. The van der Waals surface area contributed by atoms with E-state index in [0.29, 0.717) is 28.8 Å². The number of benzene rings is 2. The number of halogens is 2. The van der Waals surface area contributed by atoms with Gasteiger partial charge < -0.3 is 5.32 Å². The molecule has 7 nitrogen and oxygen atoms in total. The molecule has 1 saturated heterocycles. The molecule has 1 aromatic heterocycles. The predicted molar refractivity (Wildman–Crippen MR) is 122 cm³/mol. The Morgan fingerprint density at radius 1 is 1.06 bits per heavy atom. The summed E-state index contributed by atoms with van der Waals surface area (Å²) in [5.41, 5.74) is 2.07. The second-order valence-corrected chi connectivity index (χ2v) is 10.9. The number of aromatic nitrogens is 2. The Bertz CT molecular complexity index is 1250. The van der Waals surface area contributed by atoms with E-state index in [1.807, 2.05) is 36.1 Å². The first-order valence-electron chi connectivity index (χ1n) is 9.82. The number of sulfonamides is 1. The van der Waals surface area contributed by atoms with Gasteiger partial charge in [0.25, 0.3) is 0 Å². The lowest BCUT2D eigenvalue weighted by Gasteiger charge is -2.33. The van der Waals surface area contributed by atoms with Gasteiger partial charge in [0.15, 0.2) is 8.85 Å². The third kappa shape index (κ3) is 4.89. The first-order valence-corrected chi connectivity index (χ1v) is 12.5. The lowest BCUT2D eigenvalue weighted by atomic mass is 10.2. The first-order chi connectivity index (χ1) is 15.2. The van der Waals surface area contributed by atoms with E-state index in [1.54, 1.807) is 4.68 Å². The summed E-state index contributed by atoms with van der Waals surface area (Å²) in [5.74, 6) is -2.18. The van der Waals surface area contributed by atoms with Gasteiger partial charge in [-0.25, -0.2) is 21.9 Å². The normalized spacial score (nSPS) is 15.7. The molecule has 2 aromatic carbocycles. The number of anilines is 2. The van der Waals surface area contributed by atoms with Crippen LogP contribution in [0.15, 0.2) is 47.4 Å². The highest BCUT2D eigenvalue weighted by atomic mass is 32.2. The van der Waals surface area contributed by atoms with Crippen LogP contribution in [0.4, 0.5) is 19.6 Å². The molecule has 4 rings (SSSR count). The molecule has 0 saturated carbocycles. The molecule has 0 radical (unpaired) electrons. The minimum atomic E-state index is -4.26. The van der Waals surface area contributed by atoms with Crippen molar-refractivity contribution in [3.63, 3.8) is 0 Å². The van der Waals surface area contributed by atoms with Crippen molar-refractivity contribution in [1.29, 1.82) is 0 Å². The van der Waals surface area contributed by atoms with Gasteiger partial charge in [-0.05, 0) is 43.4 Å². The highest BCUT2D eigenvalue weighted by Crippen LogP contribution is 2.24. The van der Waals surface area contributed by atoms with Gasteiger partial charge in [-0.2, -0.15) is 4.31 Å². The van der Waals surface area contributed by atoms with E-state index in [-0.39, 0.29) is 13.1 Å². The summed E-state index contributed by atoms with van der Waals surface area (Å²) < 4.78 is 56.8. The van der Waals surface area contributed by atoms with Crippen LogP contribution in [-0.2, 0) is 16.7 Å². The zero-order valence-electron chi connectivity index (χ0n) is 17.2. The molecule has 0 aliphatic carbocycles. The van der Waals surface area contributed by atoms with Gasteiger partial charge in [-0.15, -0.1) is 5.10 Å². The summed E-state index contributed by atoms with van der Waals surface area (Å²) in [5, 5.41) is 8.40. The molecule has 0 atom stereocenters. The molecule has 0 amide bonds. The lowest BCUT2D eigenvalue weighted by Crippen LogP contribution is -2.49. The highest BCUT2D eigenvalue weighted by Gasteiger charge is 2.33. The maximum Gasteiger partial charge on any atom is 0.249 e. The molecule has 170 valence electrons. The molecule has 32 heavy (non-hydrogen) atoms. The van der Waals surface area contributed by atoms with Crippen molar-refractivity contribution < 1.29 is 17.2 Å². The Labute approximate surface area is 194 Å². The number of piperazine rings is 1. The number of hydrogen-bond acceptors (Lipinski definition) is 7. The standard InChI is InChI=1S/C20H21F2N5O2S3/c1-14-5-7-15(8-6-14)23-19-24-27(20(30)31-19)13-25-9-11-26(12-10-25)32(28,29)18-16(21)3-2-4-17(18)22/h2-8H,9-13H2,1H3,(H,23,24). The minimum Gasteiger partial charge on any atom is -0.330 e. The molecule has 12 heteroatoms. The summed E-state index contributed by atoms with van der Waals surface area (Å²) in [6.07, 6.45) is 0. The largest absolute Gasteiger partial charge is 0.330 e. The Kier molecular flexibility index (Phi) is 6.67. The third-order valence-corrected chi connectivity index (χ3v) is 8.27. The van der Waals surface area contributed by atoms with Crippen molar-refractivity contribution in [1.82, 2.24) is 19.0 Å². The Hall–Kier alpha value is -2.25. The van der Waals surface area contributed by atoms with Crippen LogP contribution in [0.25, 0.3) is 0 Å². The van der Waals surface area contributed by atoms with Gasteiger partial charge >= 0.3 is 0 Å². The average Bonchev–Trinajstić information content (AvgIpc) is 3.08. The molecule has 1 aliphatic rings. The van der Waals surface area contributed by atoms with Crippen LogP contribution < -0.4 is 5.32 Å². The van der Waals surface area contributed by atoms with E-state index in [9.17, 15) is 17.2 Å². The van der Waals surface area contributed by atoms with Crippen molar-refractivity contribution in [3.05, 3.63) is 63.6 Å². The maximum absolute atomic E-state index is 14.0. The summed E-state index contributed by atoms with van der Waals surface area (Å²) in [7, 11) is -4.26. The second kappa shape index (κ2) is 9.32. The van der Waals surface area contributed by atoms with Crippen molar-refractivity contribution >= 4 is 44.4 Å². The molecule has 1 aliphatic heterocycles. The molecule has 2 heterocycles. The van der Waals surface area contributed by atoms with Crippen molar-refractivity contribution in [3.8, 4) is 0 Å². The van der Waals surface area contributed by atoms with Gasteiger partial charge in [0.05, 0.1) is 6.67 Å². The molecule has 0 unspecified atom stereocenters. The van der Waals surface area contributed by atoms with E-state index in [1.165, 1.54) is 11.3 Å². The van der Waals surface area contributed by atoms with Crippen LogP contribution >= 0.6 is 23.6 Å². The molecule has 3 aromatic rings. The van der Waals surface area contributed by atoms with Crippen LogP contribution in [0.3, 0.4) is 0 Å². The summed E-state index contributed by atoms with van der Waals surface area (Å²) >= 11 is 6.76. The molecule has 0 spiro atoms. The zero-order chi connectivity index (χ0) is 22.9. The van der Waals surface area contributed by atoms with Crippen molar-refractivity contribution in [2.45, 2.75) is 18.5 Å². The number of nitrogens with one attached hydrogen (secondary N) is 1. The Morgan fingerprint density at radius 2 is 1.69 bits per heavy atom. The maximum atomic E-state index is 14.0. The summed E-state index contributed by atoms with van der Waals surface area (Å²) in [6, 6.07) is 10.9. The van der Waals surface area contributed by atoms with E-state index in [4.69, 9.17) is 12.2 Å². The first kappa shape index (κ1) is 22.9. The van der Waals surface area contributed by atoms with Gasteiger partial charge in [-0.3, -0.25) is 4.90 Å². The third-order valence-electron chi connectivity index (χ3n) is 5.09. The van der Waals surface area contributed by atoms with Gasteiger partial charge in [0, 0.05) is 31.9 Å². The monoisotopic (exact) mass is 497 g/mol. The Balaban J connectivity index is 1.40. The van der Waals surface area contributed by atoms with E-state index in [2.05, 4.69) is 10.4 Å². The number of hydrogen-bond donors (Lipinski definition) is 1. The van der Waals surface area contributed by atoms with Gasteiger partial charge in [0.1, 0.15) is 11.6 Å². The van der Waals surface area contributed by atoms with Crippen LogP contribution in [0, 0.1) is 22.5 Å². The van der Waals surface area contributed by atoms with E-state index in [0.717, 1.165) is 33.8 Å². The molecular weight excluding hydrogens is 476 g/mol. The van der Waals surface area contributed by atoms with Crippen LogP contribution in [-0.4, -0.2) is 53.6 Å². The topological polar surface area (TPSA) is 70.5 Å². The van der Waals surface area contributed by atoms with E-state index >= 15 is 0 Å². The van der Waals surface area contributed by atoms with Crippen LogP contribution in [0.1, 0.15) is 5.56 Å². The molecular formula is C20H21F2N5O2S3. The fourth-order valence-corrected chi connectivity index (χ4v) is 5.91. The number of nitrogens with zero attached hydrogens (tertiary/aromatic N) is 4. The van der Waals surface area contributed by atoms with Gasteiger partial charge in [-0.1, -0.05) is 35.1 Å². The minimum absolute atomic E-state index is 0.113.